The minimum absolute atomic E-state index is 0.124. The number of nitrogens with zero attached hydrogens (tertiary/aromatic N) is 3. The molecule has 0 aromatic carbocycles. The number of carbonyl (C=O) groups is 2. The molecular formula is C16H15N5O2S2. The molecule has 0 aliphatic rings. The molecule has 3 aromatic heterocycles. The Morgan fingerprint density at radius 3 is 2.76 bits per heavy atom. The topological polar surface area (TPSA) is 96.9 Å². The van der Waals surface area contributed by atoms with Crippen LogP contribution in [0.4, 0.5) is 5.13 Å². The third-order valence-corrected chi connectivity index (χ3v) is 5.06. The Morgan fingerprint density at radius 1 is 1.20 bits per heavy atom. The van der Waals surface area contributed by atoms with E-state index in [4.69, 9.17) is 0 Å². The average Bonchev–Trinajstić information content (AvgIpc) is 3.26. The quantitative estimate of drug-likeness (QED) is 0.692. The maximum Gasteiger partial charge on any atom is 0.228 e. The summed E-state index contributed by atoms with van der Waals surface area (Å²) >= 11 is 2.75. The van der Waals surface area contributed by atoms with E-state index in [2.05, 4.69) is 25.8 Å². The fourth-order valence-corrected chi connectivity index (χ4v) is 3.69. The Bertz CT molecular complexity index is 849. The number of rotatable bonds is 6. The van der Waals surface area contributed by atoms with E-state index in [0.29, 0.717) is 15.8 Å². The Kier molecular flexibility index (Phi) is 5.46. The van der Waals surface area contributed by atoms with Crippen LogP contribution in [0.15, 0.2) is 41.9 Å². The summed E-state index contributed by atoms with van der Waals surface area (Å²) in [6.07, 6.45) is 1.80. The van der Waals surface area contributed by atoms with Crippen molar-refractivity contribution in [3.05, 3.63) is 46.8 Å². The van der Waals surface area contributed by atoms with Crippen LogP contribution >= 0.6 is 22.7 Å². The van der Waals surface area contributed by atoms with Crippen LogP contribution in [0.1, 0.15) is 24.3 Å². The Hall–Kier alpha value is -2.65. The second-order valence-corrected chi connectivity index (χ2v) is 7.10. The van der Waals surface area contributed by atoms with Crippen molar-refractivity contribution < 1.29 is 9.59 Å². The van der Waals surface area contributed by atoms with E-state index in [-0.39, 0.29) is 24.3 Å². The van der Waals surface area contributed by atoms with Gasteiger partial charge in [-0.2, -0.15) is 0 Å². The molecule has 7 nitrogen and oxygen atoms in total. The lowest BCUT2D eigenvalue weighted by molar-refractivity contribution is -0.120. The zero-order valence-corrected chi connectivity index (χ0v) is 14.9. The van der Waals surface area contributed by atoms with Gasteiger partial charge in [-0.15, -0.1) is 21.5 Å². The molecule has 9 heteroatoms. The van der Waals surface area contributed by atoms with Gasteiger partial charge in [0.2, 0.25) is 16.9 Å². The van der Waals surface area contributed by atoms with Gasteiger partial charge in [-0.25, -0.2) is 0 Å². The lowest BCUT2D eigenvalue weighted by Gasteiger charge is -2.15. The number of aromatic nitrogens is 3. The van der Waals surface area contributed by atoms with Crippen molar-refractivity contribution in [2.24, 2.45) is 0 Å². The summed E-state index contributed by atoms with van der Waals surface area (Å²) in [5, 5.41) is 16.5. The van der Waals surface area contributed by atoms with E-state index >= 15 is 0 Å². The molecule has 0 bridgehead atoms. The van der Waals surface area contributed by atoms with Crippen molar-refractivity contribution in [2.45, 2.75) is 19.4 Å². The largest absolute Gasteiger partial charge is 0.348 e. The van der Waals surface area contributed by atoms with Crippen LogP contribution in [-0.2, 0) is 9.59 Å². The van der Waals surface area contributed by atoms with Crippen molar-refractivity contribution in [2.75, 3.05) is 5.32 Å². The van der Waals surface area contributed by atoms with E-state index in [9.17, 15) is 9.59 Å². The second kappa shape index (κ2) is 7.95. The first-order valence-corrected chi connectivity index (χ1v) is 9.16. The first-order valence-electron chi connectivity index (χ1n) is 7.47. The first-order chi connectivity index (χ1) is 12.1. The fraction of sp³-hybridized carbons (Fsp3) is 0.188. The third-order valence-electron chi connectivity index (χ3n) is 3.21. The fourth-order valence-electron chi connectivity index (χ4n) is 2.18. The Morgan fingerprint density at radius 2 is 2.08 bits per heavy atom. The molecular weight excluding hydrogens is 358 g/mol. The van der Waals surface area contributed by atoms with Gasteiger partial charge in [-0.3, -0.25) is 14.6 Å². The van der Waals surface area contributed by atoms with Gasteiger partial charge >= 0.3 is 0 Å². The van der Waals surface area contributed by atoms with Crippen LogP contribution in [0.3, 0.4) is 0 Å². The van der Waals surface area contributed by atoms with E-state index in [1.165, 1.54) is 29.6 Å². The van der Waals surface area contributed by atoms with Crippen LogP contribution in [0.5, 0.6) is 0 Å². The summed E-state index contributed by atoms with van der Waals surface area (Å²) in [4.78, 5) is 28.8. The molecule has 0 aliphatic heterocycles. The molecule has 2 N–H and O–H groups in total. The highest BCUT2D eigenvalue weighted by molar-refractivity contribution is 7.18. The highest BCUT2D eigenvalue weighted by Crippen LogP contribution is 2.26. The summed E-state index contributed by atoms with van der Waals surface area (Å²) in [5.74, 6) is -0.421. The summed E-state index contributed by atoms with van der Waals surface area (Å²) in [5.41, 5.74) is 0.704. The number of hydrogen-bond donors (Lipinski definition) is 2. The smallest absolute Gasteiger partial charge is 0.228 e. The van der Waals surface area contributed by atoms with Gasteiger partial charge in [0.25, 0.3) is 0 Å². The molecule has 1 unspecified atom stereocenters. The molecule has 3 rings (SSSR count). The Balaban J connectivity index is 1.65. The minimum Gasteiger partial charge on any atom is -0.348 e. The van der Waals surface area contributed by atoms with Crippen LogP contribution in [0.2, 0.25) is 0 Å². The highest BCUT2D eigenvalue weighted by Gasteiger charge is 2.19. The van der Waals surface area contributed by atoms with Gasteiger partial charge in [-0.05, 0) is 23.6 Å². The summed E-state index contributed by atoms with van der Waals surface area (Å²) in [6.45, 7) is 1.43. The van der Waals surface area contributed by atoms with Gasteiger partial charge in [0, 0.05) is 18.0 Å². The molecule has 0 saturated heterocycles. The first kappa shape index (κ1) is 17.2. The van der Waals surface area contributed by atoms with Gasteiger partial charge < -0.3 is 10.6 Å². The summed E-state index contributed by atoms with van der Waals surface area (Å²) in [7, 11) is 0. The SMILES string of the molecule is CC(=O)NC(CC(=O)Nc1nnc(-c2ccccn2)s1)c1cccs1. The van der Waals surface area contributed by atoms with Crippen molar-refractivity contribution in [1.82, 2.24) is 20.5 Å². The predicted molar refractivity (Wildman–Crippen MR) is 97.3 cm³/mol. The number of carbonyl (C=O) groups excluding carboxylic acids is 2. The molecule has 25 heavy (non-hydrogen) atoms. The van der Waals surface area contributed by atoms with Crippen LogP contribution < -0.4 is 10.6 Å². The maximum absolute atomic E-state index is 12.3. The minimum atomic E-state index is -0.360. The number of pyridine rings is 1. The molecule has 0 saturated carbocycles. The van der Waals surface area contributed by atoms with E-state index in [1.54, 1.807) is 6.20 Å². The molecule has 0 spiro atoms. The van der Waals surface area contributed by atoms with Gasteiger partial charge in [-0.1, -0.05) is 23.5 Å². The molecule has 2 amide bonds. The second-order valence-electron chi connectivity index (χ2n) is 5.15. The monoisotopic (exact) mass is 373 g/mol. The van der Waals surface area contributed by atoms with E-state index < -0.39 is 0 Å². The number of amides is 2. The summed E-state index contributed by atoms with van der Waals surface area (Å²) in [6, 6.07) is 8.93. The maximum atomic E-state index is 12.3. The molecule has 1 atom stereocenters. The van der Waals surface area contributed by atoms with Crippen molar-refractivity contribution in [3.63, 3.8) is 0 Å². The van der Waals surface area contributed by atoms with E-state index in [0.717, 1.165) is 4.88 Å². The molecule has 3 heterocycles. The molecule has 128 valence electrons. The third kappa shape index (κ3) is 4.68. The van der Waals surface area contributed by atoms with Crippen molar-refractivity contribution in [1.29, 1.82) is 0 Å². The molecule has 0 aliphatic carbocycles. The average molecular weight is 373 g/mol. The molecule has 0 radical (unpaired) electrons. The van der Waals surface area contributed by atoms with Gasteiger partial charge in [0.15, 0.2) is 5.01 Å². The standard InChI is InChI=1S/C16H15N5O2S2/c1-10(22)18-12(13-6-4-8-24-13)9-14(23)19-16-21-20-15(25-16)11-5-2-3-7-17-11/h2-8,12H,9H2,1H3,(H,18,22)(H,19,21,23). The van der Waals surface area contributed by atoms with Crippen molar-refractivity contribution >= 4 is 39.6 Å². The van der Waals surface area contributed by atoms with E-state index in [1.807, 2.05) is 35.7 Å². The molecule has 0 fully saturated rings. The van der Waals surface area contributed by atoms with Crippen LogP contribution in [0.25, 0.3) is 10.7 Å². The normalized spacial score (nSPS) is 11.7. The van der Waals surface area contributed by atoms with Crippen LogP contribution in [0, 0.1) is 0 Å². The van der Waals surface area contributed by atoms with Gasteiger partial charge in [0.05, 0.1) is 12.5 Å². The summed E-state index contributed by atoms with van der Waals surface area (Å²) < 4.78 is 0. The lowest BCUT2D eigenvalue weighted by atomic mass is 10.1. The number of hydrogen-bond acceptors (Lipinski definition) is 7. The zero-order chi connectivity index (χ0) is 17.6. The Labute approximate surface area is 152 Å². The number of anilines is 1. The predicted octanol–water partition coefficient (Wildman–Crippen LogP) is 2.87. The molecule has 3 aromatic rings. The highest BCUT2D eigenvalue weighted by atomic mass is 32.1. The number of nitrogens with one attached hydrogen (secondary N) is 2. The zero-order valence-electron chi connectivity index (χ0n) is 13.3. The lowest BCUT2D eigenvalue weighted by Crippen LogP contribution is -2.29. The van der Waals surface area contributed by atoms with Gasteiger partial charge in [0.1, 0.15) is 5.69 Å². The number of thiophene rings is 1. The van der Waals surface area contributed by atoms with Crippen LogP contribution in [-0.4, -0.2) is 27.0 Å². The van der Waals surface area contributed by atoms with Crippen molar-refractivity contribution in [3.8, 4) is 10.7 Å².